The lowest BCUT2D eigenvalue weighted by Crippen LogP contribution is -2.35. The summed E-state index contributed by atoms with van der Waals surface area (Å²) in [5, 5.41) is 2.98. The van der Waals surface area contributed by atoms with Crippen LogP contribution in [0.1, 0.15) is 81.5 Å². The van der Waals surface area contributed by atoms with E-state index in [-0.39, 0.29) is 24.5 Å². The van der Waals surface area contributed by atoms with Gasteiger partial charge in [0.2, 0.25) is 5.91 Å². The third-order valence-corrected chi connectivity index (χ3v) is 5.95. The Morgan fingerprint density at radius 3 is 2.12 bits per heavy atom. The van der Waals surface area contributed by atoms with Crippen LogP contribution in [0.5, 0.6) is 0 Å². The maximum absolute atomic E-state index is 12.7. The molecule has 0 spiro atoms. The van der Waals surface area contributed by atoms with E-state index in [0.29, 0.717) is 24.8 Å². The number of carbonyl (C=O) groups excluding carboxylic acids is 2. The smallest absolute Gasteiger partial charge is 0.220 e. The zero-order valence-electron chi connectivity index (χ0n) is 20.7. The van der Waals surface area contributed by atoms with Crippen LogP contribution < -0.4 is 10.2 Å². The number of carbonyl (C=O) groups is 2. The van der Waals surface area contributed by atoms with Crippen molar-refractivity contribution in [2.24, 2.45) is 0 Å². The highest BCUT2D eigenvalue weighted by molar-refractivity contribution is 5.86. The van der Waals surface area contributed by atoms with Gasteiger partial charge in [0.1, 0.15) is 5.78 Å². The number of likely N-dealkylation sites (N-methyl/N-ethyl adjacent to an activating group) is 1. The Morgan fingerprint density at radius 1 is 0.938 bits per heavy atom. The SMILES string of the molecule is CCN(CCNC(=O)CCC(=O)Cc1c(C(C)C)cccc1C(C)C)c1cccc(C)c1. The lowest BCUT2D eigenvalue weighted by molar-refractivity contribution is -0.125. The highest BCUT2D eigenvalue weighted by Crippen LogP contribution is 2.28. The summed E-state index contributed by atoms with van der Waals surface area (Å²) in [7, 11) is 0. The zero-order chi connectivity index (χ0) is 23.7. The molecule has 2 aromatic carbocycles. The zero-order valence-corrected chi connectivity index (χ0v) is 20.7. The molecule has 2 rings (SSSR count). The third-order valence-electron chi connectivity index (χ3n) is 5.95. The number of benzene rings is 2. The monoisotopic (exact) mass is 436 g/mol. The van der Waals surface area contributed by atoms with E-state index in [2.05, 4.69) is 94.2 Å². The molecule has 0 saturated carbocycles. The highest BCUT2D eigenvalue weighted by Gasteiger charge is 2.17. The average molecular weight is 437 g/mol. The van der Waals surface area contributed by atoms with Gasteiger partial charge in [0, 0.05) is 44.6 Å². The van der Waals surface area contributed by atoms with E-state index in [1.807, 2.05) is 0 Å². The summed E-state index contributed by atoms with van der Waals surface area (Å²) in [6.45, 7) is 15.1. The van der Waals surface area contributed by atoms with Crippen LogP contribution in [0.15, 0.2) is 42.5 Å². The van der Waals surface area contributed by atoms with Crippen molar-refractivity contribution in [1.29, 1.82) is 0 Å². The second kappa shape index (κ2) is 12.4. The number of nitrogens with one attached hydrogen (secondary N) is 1. The second-order valence-corrected chi connectivity index (χ2v) is 9.21. The number of anilines is 1. The summed E-state index contributed by atoms with van der Waals surface area (Å²) in [5.41, 5.74) is 6.03. The van der Waals surface area contributed by atoms with Gasteiger partial charge in [-0.05, 0) is 60.1 Å². The molecule has 0 heterocycles. The van der Waals surface area contributed by atoms with E-state index in [1.165, 1.54) is 22.4 Å². The molecule has 0 radical (unpaired) electrons. The number of nitrogens with zero attached hydrogens (tertiary/aromatic N) is 1. The molecule has 2 aromatic rings. The summed E-state index contributed by atoms with van der Waals surface area (Å²) < 4.78 is 0. The first-order chi connectivity index (χ1) is 15.2. The van der Waals surface area contributed by atoms with Gasteiger partial charge in [-0.25, -0.2) is 0 Å². The Hall–Kier alpha value is -2.62. The van der Waals surface area contributed by atoms with Crippen LogP contribution in [0.3, 0.4) is 0 Å². The van der Waals surface area contributed by atoms with Crippen LogP contribution in [0.4, 0.5) is 5.69 Å². The summed E-state index contributed by atoms with van der Waals surface area (Å²) >= 11 is 0. The summed E-state index contributed by atoms with van der Waals surface area (Å²) in [6, 6.07) is 14.7. The average Bonchev–Trinajstić information content (AvgIpc) is 2.75. The lowest BCUT2D eigenvalue weighted by Gasteiger charge is -2.23. The molecular formula is C28H40N2O2. The fourth-order valence-electron chi connectivity index (χ4n) is 4.16. The lowest BCUT2D eigenvalue weighted by atomic mass is 9.86. The molecule has 1 N–H and O–H groups in total. The van der Waals surface area contributed by atoms with Gasteiger partial charge in [-0.1, -0.05) is 58.0 Å². The van der Waals surface area contributed by atoms with E-state index in [0.717, 1.165) is 18.7 Å². The number of Topliss-reactive ketones (excluding diaryl/α,β-unsaturated/α-hetero) is 1. The largest absolute Gasteiger partial charge is 0.370 e. The molecule has 0 fully saturated rings. The van der Waals surface area contributed by atoms with Crippen molar-refractivity contribution in [2.75, 3.05) is 24.5 Å². The molecule has 0 aromatic heterocycles. The minimum atomic E-state index is -0.0557. The molecule has 0 atom stereocenters. The van der Waals surface area contributed by atoms with Gasteiger partial charge >= 0.3 is 0 Å². The van der Waals surface area contributed by atoms with Gasteiger partial charge in [-0.3, -0.25) is 9.59 Å². The fraction of sp³-hybridized carbons (Fsp3) is 0.500. The minimum Gasteiger partial charge on any atom is -0.370 e. The maximum Gasteiger partial charge on any atom is 0.220 e. The molecule has 0 aliphatic rings. The Bertz CT molecular complexity index is 876. The molecule has 174 valence electrons. The molecular weight excluding hydrogens is 396 g/mol. The van der Waals surface area contributed by atoms with Crippen molar-refractivity contribution in [2.45, 2.75) is 72.6 Å². The Morgan fingerprint density at radius 2 is 1.56 bits per heavy atom. The molecule has 0 aliphatic heterocycles. The summed E-state index contributed by atoms with van der Waals surface area (Å²) in [5.74, 6) is 0.814. The van der Waals surface area contributed by atoms with Crippen molar-refractivity contribution >= 4 is 17.4 Å². The van der Waals surface area contributed by atoms with E-state index < -0.39 is 0 Å². The van der Waals surface area contributed by atoms with Crippen molar-refractivity contribution in [3.05, 3.63) is 64.7 Å². The Labute approximate surface area is 194 Å². The first kappa shape index (κ1) is 25.6. The third kappa shape index (κ3) is 7.51. The molecule has 0 unspecified atom stereocenters. The van der Waals surface area contributed by atoms with Crippen LogP contribution in [0.2, 0.25) is 0 Å². The number of hydrogen-bond acceptors (Lipinski definition) is 3. The van der Waals surface area contributed by atoms with Gasteiger partial charge in [-0.15, -0.1) is 0 Å². The molecule has 0 bridgehead atoms. The number of amides is 1. The minimum absolute atomic E-state index is 0.0557. The molecule has 4 nitrogen and oxygen atoms in total. The van der Waals surface area contributed by atoms with Gasteiger partial charge in [0.05, 0.1) is 0 Å². The van der Waals surface area contributed by atoms with Crippen LogP contribution >= 0.6 is 0 Å². The van der Waals surface area contributed by atoms with Crippen molar-refractivity contribution in [3.63, 3.8) is 0 Å². The van der Waals surface area contributed by atoms with Gasteiger partial charge in [0.25, 0.3) is 0 Å². The first-order valence-electron chi connectivity index (χ1n) is 11.9. The van der Waals surface area contributed by atoms with Crippen molar-refractivity contribution in [1.82, 2.24) is 5.32 Å². The summed E-state index contributed by atoms with van der Waals surface area (Å²) in [4.78, 5) is 27.3. The van der Waals surface area contributed by atoms with Crippen LogP contribution in [-0.2, 0) is 16.0 Å². The molecule has 0 saturated heterocycles. The first-order valence-corrected chi connectivity index (χ1v) is 11.9. The number of hydrogen-bond donors (Lipinski definition) is 1. The topological polar surface area (TPSA) is 49.4 Å². The number of aryl methyl sites for hydroxylation is 1. The highest BCUT2D eigenvalue weighted by atomic mass is 16.2. The van der Waals surface area contributed by atoms with Crippen LogP contribution in [-0.4, -0.2) is 31.3 Å². The molecule has 0 aliphatic carbocycles. The number of ketones is 1. The van der Waals surface area contributed by atoms with E-state index in [9.17, 15) is 9.59 Å². The normalized spacial score (nSPS) is 11.1. The molecule has 1 amide bonds. The predicted octanol–water partition coefficient (Wildman–Crippen LogP) is 5.78. The molecule has 32 heavy (non-hydrogen) atoms. The molecule has 4 heteroatoms. The van der Waals surface area contributed by atoms with E-state index in [4.69, 9.17) is 0 Å². The standard InChI is InChI=1S/C28H40N2O2/c1-7-30(23-11-8-10-22(6)18-23)17-16-29-28(32)15-14-24(31)19-27-25(20(2)3)12-9-13-26(27)21(4)5/h8-13,18,20-21H,7,14-17,19H2,1-6H3,(H,29,32). The maximum atomic E-state index is 12.7. The predicted molar refractivity (Wildman–Crippen MR) is 135 cm³/mol. The van der Waals surface area contributed by atoms with Crippen molar-refractivity contribution < 1.29 is 9.59 Å². The van der Waals surface area contributed by atoms with Crippen LogP contribution in [0.25, 0.3) is 0 Å². The van der Waals surface area contributed by atoms with E-state index >= 15 is 0 Å². The second-order valence-electron chi connectivity index (χ2n) is 9.21. The van der Waals surface area contributed by atoms with Gasteiger partial charge in [-0.2, -0.15) is 0 Å². The van der Waals surface area contributed by atoms with E-state index in [1.54, 1.807) is 0 Å². The quantitative estimate of drug-likeness (QED) is 0.459. The Kier molecular flexibility index (Phi) is 9.96. The van der Waals surface area contributed by atoms with Crippen LogP contribution in [0, 0.1) is 6.92 Å². The summed E-state index contributed by atoms with van der Waals surface area (Å²) in [6.07, 6.45) is 0.938. The van der Waals surface area contributed by atoms with Gasteiger partial charge < -0.3 is 10.2 Å². The Balaban J connectivity index is 1.85. The number of rotatable bonds is 12. The van der Waals surface area contributed by atoms with Gasteiger partial charge in [0.15, 0.2) is 0 Å². The fourth-order valence-corrected chi connectivity index (χ4v) is 4.16. The van der Waals surface area contributed by atoms with Crippen molar-refractivity contribution in [3.8, 4) is 0 Å².